The molecule has 0 bridgehead atoms. The quantitative estimate of drug-likeness (QED) is 0.709. The maximum Gasteiger partial charge on any atom is 0.255 e. The Labute approximate surface area is 170 Å². The molecule has 2 N–H and O–H groups in total. The van der Waals surface area contributed by atoms with Crippen molar-refractivity contribution in [3.05, 3.63) is 57.6 Å². The number of hydrogen-bond acceptors (Lipinski definition) is 5. The lowest BCUT2D eigenvalue weighted by Gasteiger charge is -2.32. The second-order valence-electron chi connectivity index (χ2n) is 8.24. The normalized spacial score (nSPS) is 18.7. The number of aromatic nitrogens is 3. The van der Waals surface area contributed by atoms with Crippen molar-refractivity contribution in [1.29, 1.82) is 0 Å². The Hall–Kier alpha value is -2.64. The summed E-state index contributed by atoms with van der Waals surface area (Å²) in [6, 6.07) is 8.56. The van der Waals surface area contributed by atoms with Gasteiger partial charge in [0, 0.05) is 74.9 Å². The molecule has 7 heteroatoms. The Kier molecular flexibility index (Phi) is 4.85. The molecule has 2 aromatic heterocycles. The SMILES string of the molecule is CN1CCN(c2nc3c(c(=O)[nH]2)CCN(Cc2cccc4[nH]ccc24)CC3)CC1. The van der Waals surface area contributed by atoms with Crippen LogP contribution in [0.2, 0.25) is 0 Å². The maximum absolute atomic E-state index is 12.8. The third-order valence-corrected chi connectivity index (χ3v) is 6.31. The van der Waals surface area contributed by atoms with Crippen LogP contribution in [0.4, 0.5) is 5.95 Å². The van der Waals surface area contributed by atoms with Gasteiger partial charge < -0.3 is 14.8 Å². The standard InChI is InChI=1S/C22H28N6O/c1-26-11-13-28(14-12-26)22-24-20-7-10-27(9-6-18(20)21(29)25-22)15-16-3-2-4-19-17(16)5-8-23-19/h2-5,8,23H,6-7,9-15H2,1H3,(H,24,25,29). The smallest absolute Gasteiger partial charge is 0.255 e. The fourth-order valence-corrected chi connectivity index (χ4v) is 4.50. The molecule has 0 radical (unpaired) electrons. The zero-order chi connectivity index (χ0) is 19.8. The van der Waals surface area contributed by atoms with E-state index >= 15 is 0 Å². The maximum atomic E-state index is 12.8. The molecule has 152 valence electrons. The van der Waals surface area contributed by atoms with Crippen LogP contribution in [0.1, 0.15) is 16.8 Å². The van der Waals surface area contributed by atoms with Gasteiger partial charge in [0.2, 0.25) is 5.95 Å². The van der Waals surface area contributed by atoms with Crippen molar-refractivity contribution in [3.63, 3.8) is 0 Å². The van der Waals surface area contributed by atoms with Gasteiger partial charge in [0.25, 0.3) is 5.56 Å². The first-order valence-electron chi connectivity index (χ1n) is 10.5. The minimum atomic E-state index is 0.0403. The summed E-state index contributed by atoms with van der Waals surface area (Å²) in [5, 5.41) is 1.28. The molecule has 1 aromatic carbocycles. The average Bonchev–Trinajstić information content (AvgIpc) is 3.12. The topological polar surface area (TPSA) is 71.3 Å². The molecule has 3 aromatic rings. The van der Waals surface area contributed by atoms with Crippen LogP contribution in [0.5, 0.6) is 0 Å². The number of nitrogens with zero attached hydrogens (tertiary/aromatic N) is 4. The molecule has 0 amide bonds. The predicted molar refractivity (Wildman–Crippen MR) is 116 cm³/mol. The van der Waals surface area contributed by atoms with Gasteiger partial charge in [0.15, 0.2) is 0 Å². The molecule has 4 heterocycles. The molecule has 2 aliphatic rings. The predicted octanol–water partition coefficient (Wildman–Crippen LogP) is 1.60. The first-order chi connectivity index (χ1) is 14.2. The Balaban J connectivity index is 1.34. The Morgan fingerprint density at radius 2 is 1.86 bits per heavy atom. The van der Waals surface area contributed by atoms with Crippen molar-refractivity contribution in [2.24, 2.45) is 0 Å². The molecule has 29 heavy (non-hydrogen) atoms. The van der Waals surface area contributed by atoms with Gasteiger partial charge in [-0.15, -0.1) is 0 Å². The zero-order valence-electron chi connectivity index (χ0n) is 16.9. The summed E-state index contributed by atoms with van der Waals surface area (Å²) in [7, 11) is 2.13. The number of aromatic amines is 2. The fraction of sp³-hybridized carbons (Fsp3) is 0.455. The van der Waals surface area contributed by atoms with E-state index in [9.17, 15) is 4.79 Å². The number of nitrogens with one attached hydrogen (secondary N) is 2. The van der Waals surface area contributed by atoms with E-state index < -0.39 is 0 Å². The van der Waals surface area contributed by atoms with Gasteiger partial charge in [-0.3, -0.25) is 14.7 Å². The first-order valence-corrected chi connectivity index (χ1v) is 10.5. The van der Waals surface area contributed by atoms with E-state index in [4.69, 9.17) is 4.98 Å². The summed E-state index contributed by atoms with van der Waals surface area (Å²) < 4.78 is 0. The minimum absolute atomic E-state index is 0.0403. The highest BCUT2D eigenvalue weighted by Crippen LogP contribution is 2.21. The molecule has 2 aliphatic heterocycles. The van der Waals surface area contributed by atoms with E-state index in [1.807, 2.05) is 6.20 Å². The van der Waals surface area contributed by atoms with Gasteiger partial charge >= 0.3 is 0 Å². The second kappa shape index (κ2) is 7.65. The molecule has 0 aliphatic carbocycles. The zero-order valence-corrected chi connectivity index (χ0v) is 16.9. The number of benzene rings is 1. The molecule has 5 rings (SSSR count). The monoisotopic (exact) mass is 392 g/mol. The van der Waals surface area contributed by atoms with E-state index in [1.165, 1.54) is 16.5 Å². The van der Waals surface area contributed by atoms with Crippen LogP contribution < -0.4 is 10.5 Å². The van der Waals surface area contributed by atoms with E-state index in [0.29, 0.717) is 0 Å². The lowest BCUT2D eigenvalue weighted by molar-refractivity contribution is 0.280. The highest BCUT2D eigenvalue weighted by Gasteiger charge is 2.22. The molecular formula is C22H28N6O. The van der Waals surface area contributed by atoms with Crippen molar-refractivity contribution in [2.45, 2.75) is 19.4 Å². The van der Waals surface area contributed by atoms with Crippen LogP contribution in [0.25, 0.3) is 10.9 Å². The number of likely N-dealkylation sites (N-methyl/N-ethyl adjacent to an activating group) is 1. The van der Waals surface area contributed by atoms with Crippen molar-refractivity contribution < 1.29 is 0 Å². The van der Waals surface area contributed by atoms with Gasteiger partial charge in [-0.1, -0.05) is 12.1 Å². The summed E-state index contributed by atoms with van der Waals surface area (Å²) in [4.78, 5) is 31.0. The molecular weight excluding hydrogens is 364 g/mol. The van der Waals surface area contributed by atoms with Crippen LogP contribution in [0.3, 0.4) is 0 Å². The largest absolute Gasteiger partial charge is 0.361 e. The number of fused-ring (bicyclic) bond motifs is 2. The van der Waals surface area contributed by atoms with Crippen molar-refractivity contribution >= 4 is 16.9 Å². The first kappa shape index (κ1) is 18.4. The summed E-state index contributed by atoms with van der Waals surface area (Å²) in [5.74, 6) is 0.743. The van der Waals surface area contributed by atoms with E-state index in [1.54, 1.807) is 0 Å². The van der Waals surface area contributed by atoms with Crippen LogP contribution in [-0.2, 0) is 19.4 Å². The van der Waals surface area contributed by atoms with Gasteiger partial charge in [-0.25, -0.2) is 4.98 Å². The van der Waals surface area contributed by atoms with E-state index in [2.05, 4.69) is 56.0 Å². The third kappa shape index (κ3) is 3.68. The summed E-state index contributed by atoms with van der Waals surface area (Å²) in [6.07, 6.45) is 3.57. The lowest BCUT2D eigenvalue weighted by atomic mass is 10.1. The van der Waals surface area contributed by atoms with Gasteiger partial charge in [-0.05, 0) is 31.2 Å². The Bertz CT molecular complexity index is 1060. The highest BCUT2D eigenvalue weighted by atomic mass is 16.1. The molecule has 1 fully saturated rings. The van der Waals surface area contributed by atoms with Crippen molar-refractivity contribution in [2.75, 3.05) is 51.2 Å². The summed E-state index contributed by atoms with van der Waals surface area (Å²) in [5.41, 5.74) is 4.39. The van der Waals surface area contributed by atoms with E-state index in [-0.39, 0.29) is 5.56 Å². The summed E-state index contributed by atoms with van der Waals surface area (Å²) >= 11 is 0. The van der Waals surface area contributed by atoms with Gasteiger partial charge in [0.1, 0.15) is 0 Å². The van der Waals surface area contributed by atoms with Crippen LogP contribution in [0, 0.1) is 0 Å². The van der Waals surface area contributed by atoms with Crippen LogP contribution in [-0.4, -0.2) is 71.1 Å². The van der Waals surface area contributed by atoms with Crippen LogP contribution in [0.15, 0.2) is 35.3 Å². The highest BCUT2D eigenvalue weighted by molar-refractivity contribution is 5.82. The summed E-state index contributed by atoms with van der Waals surface area (Å²) in [6.45, 7) is 6.51. The number of rotatable bonds is 3. The Morgan fingerprint density at radius 1 is 1.03 bits per heavy atom. The molecule has 0 spiro atoms. The van der Waals surface area contributed by atoms with Gasteiger partial charge in [0.05, 0.1) is 5.69 Å². The number of anilines is 1. The Morgan fingerprint density at radius 3 is 2.72 bits per heavy atom. The number of hydrogen-bond donors (Lipinski definition) is 2. The van der Waals surface area contributed by atoms with E-state index in [0.717, 1.165) is 75.9 Å². The number of piperazine rings is 1. The molecule has 0 atom stereocenters. The second-order valence-corrected chi connectivity index (χ2v) is 8.24. The molecule has 7 nitrogen and oxygen atoms in total. The fourth-order valence-electron chi connectivity index (χ4n) is 4.50. The third-order valence-electron chi connectivity index (χ3n) is 6.31. The van der Waals surface area contributed by atoms with Crippen LogP contribution >= 0.6 is 0 Å². The number of H-pyrrole nitrogens is 2. The van der Waals surface area contributed by atoms with Crippen molar-refractivity contribution in [1.82, 2.24) is 24.8 Å². The minimum Gasteiger partial charge on any atom is -0.361 e. The molecule has 0 saturated carbocycles. The molecule has 0 unspecified atom stereocenters. The lowest BCUT2D eigenvalue weighted by Crippen LogP contribution is -2.45. The average molecular weight is 393 g/mol. The van der Waals surface area contributed by atoms with Gasteiger partial charge in [-0.2, -0.15) is 0 Å². The molecule has 1 saturated heterocycles. The van der Waals surface area contributed by atoms with Crippen molar-refractivity contribution in [3.8, 4) is 0 Å².